The molecule has 0 aliphatic rings. The predicted molar refractivity (Wildman–Crippen MR) is 405 cm³/mol. The monoisotopic (exact) mass is 1320 g/mol. The van der Waals surface area contributed by atoms with Crippen molar-refractivity contribution < 1.29 is 43.2 Å². The lowest BCUT2D eigenvalue weighted by Gasteiger charge is -2.21. The Morgan fingerprint density at radius 1 is 0.305 bits per heavy atom. The fourth-order valence-corrected chi connectivity index (χ4v) is 10.5. The SMILES string of the molecule is CC/C=C\C/C=C\C/C=C\C/C=C\C/C=C\CCCC(=O)OC(C/C=C\CCCCCCCCOC(=O)CCN(CCCO)CCC(=O)OCCCCCCCC/C=C\CC(CCCCCC)OC(=O)CCC/C=C\C/C=C\C/C=C\C/C=C\C/C=C\CC)CCCCCC. The van der Waals surface area contributed by atoms with Gasteiger partial charge in [-0.15, -0.1) is 0 Å². The van der Waals surface area contributed by atoms with Crippen molar-refractivity contribution in [2.24, 2.45) is 0 Å². The molecule has 0 rings (SSSR count). The zero-order chi connectivity index (χ0) is 68.9. The minimum atomic E-state index is -0.225. The van der Waals surface area contributed by atoms with Gasteiger partial charge in [0, 0.05) is 51.9 Å². The van der Waals surface area contributed by atoms with Crippen LogP contribution >= 0.6 is 0 Å². The molecule has 0 saturated carbocycles. The van der Waals surface area contributed by atoms with Gasteiger partial charge in [-0.1, -0.05) is 263 Å². The van der Waals surface area contributed by atoms with E-state index in [4.69, 9.17) is 18.9 Å². The van der Waals surface area contributed by atoms with E-state index in [9.17, 15) is 24.3 Å². The molecule has 2 unspecified atom stereocenters. The Kier molecular flexibility index (Phi) is 71.8. The second kappa shape index (κ2) is 76.1. The van der Waals surface area contributed by atoms with E-state index in [-0.39, 0.29) is 55.5 Å². The first-order chi connectivity index (χ1) is 46.8. The Balaban J connectivity index is 4.23. The van der Waals surface area contributed by atoms with Gasteiger partial charge in [-0.05, 0) is 161 Å². The summed E-state index contributed by atoms with van der Waals surface area (Å²) in [7, 11) is 0. The fourth-order valence-electron chi connectivity index (χ4n) is 10.5. The Morgan fingerprint density at radius 2 is 0.611 bits per heavy atom. The lowest BCUT2D eigenvalue weighted by molar-refractivity contribution is -0.150. The van der Waals surface area contributed by atoms with Crippen LogP contribution < -0.4 is 0 Å². The minimum absolute atomic E-state index is 0.0465. The lowest BCUT2D eigenvalue weighted by Crippen LogP contribution is -2.31. The van der Waals surface area contributed by atoms with Crippen LogP contribution in [0.25, 0.3) is 0 Å². The number of allylic oxidation sites excluding steroid dienone is 22. The van der Waals surface area contributed by atoms with Gasteiger partial charge in [0.15, 0.2) is 0 Å². The Hall–Kier alpha value is -5.32. The molecule has 0 heterocycles. The highest BCUT2D eigenvalue weighted by Crippen LogP contribution is 2.18. The molecule has 0 spiro atoms. The molecular weight excluding hydrogens is 1180 g/mol. The van der Waals surface area contributed by atoms with Gasteiger partial charge >= 0.3 is 23.9 Å². The maximum atomic E-state index is 12.8. The molecule has 540 valence electrons. The van der Waals surface area contributed by atoms with E-state index < -0.39 is 0 Å². The van der Waals surface area contributed by atoms with Crippen LogP contribution in [0.2, 0.25) is 0 Å². The molecule has 10 heteroatoms. The molecular formula is C85H141NO9. The van der Waals surface area contributed by atoms with Crippen molar-refractivity contribution in [1.82, 2.24) is 4.90 Å². The third-order valence-corrected chi connectivity index (χ3v) is 16.3. The topological polar surface area (TPSA) is 129 Å². The van der Waals surface area contributed by atoms with Crippen LogP contribution in [-0.2, 0) is 38.1 Å². The molecule has 0 aliphatic carbocycles. The summed E-state index contributed by atoms with van der Waals surface area (Å²) in [6.07, 6.45) is 95.9. The van der Waals surface area contributed by atoms with Gasteiger partial charge in [-0.3, -0.25) is 19.2 Å². The second-order valence-electron chi connectivity index (χ2n) is 25.2. The van der Waals surface area contributed by atoms with E-state index >= 15 is 0 Å². The van der Waals surface area contributed by atoms with Crippen molar-refractivity contribution >= 4 is 23.9 Å². The van der Waals surface area contributed by atoms with Crippen LogP contribution in [0.5, 0.6) is 0 Å². The van der Waals surface area contributed by atoms with E-state index in [1.807, 2.05) is 4.90 Å². The number of carbonyl (C=O) groups is 4. The number of aliphatic hydroxyl groups is 1. The summed E-state index contributed by atoms with van der Waals surface area (Å²) in [6.45, 7) is 11.2. The highest BCUT2D eigenvalue weighted by atomic mass is 16.6. The van der Waals surface area contributed by atoms with E-state index in [2.05, 4.69) is 174 Å². The second-order valence-corrected chi connectivity index (χ2v) is 25.2. The Bertz CT molecular complexity index is 1980. The molecule has 10 nitrogen and oxygen atoms in total. The van der Waals surface area contributed by atoms with E-state index in [1.165, 1.54) is 38.5 Å². The van der Waals surface area contributed by atoms with Gasteiger partial charge in [0.1, 0.15) is 12.2 Å². The van der Waals surface area contributed by atoms with Crippen molar-refractivity contribution in [2.75, 3.05) is 39.5 Å². The van der Waals surface area contributed by atoms with Gasteiger partial charge in [-0.25, -0.2) is 0 Å². The first-order valence-electron chi connectivity index (χ1n) is 38.6. The summed E-state index contributed by atoms with van der Waals surface area (Å²) in [5.41, 5.74) is 0. The van der Waals surface area contributed by atoms with E-state index in [1.54, 1.807) is 0 Å². The molecule has 0 aromatic carbocycles. The van der Waals surface area contributed by atoms with Crippen molar-refractivity contribution in [3.63, 3.8) is 0 Å². The normalized spacial score (nSPS) is 13.2. The van der Waals surface area contributed by atoms with Crippen LogP contribution in [0.15, 0.2) is 146 Å². The van der Waals surface area contributed by atoms with Crippen LogP contribution in [0.3, 0.4) is 0 Å². The molecule has 0 fully saturated rings. The molecule has 0 aromatic rings. The molecule has 0 aromatic heterocycles. The van der Waals surface area contributed by atoms with Crippen LogP contribution in [0.1, 0.15) is 317 Å². The summed E-state index contributed by atoms with van der Waals surface area (Å²) in [5.74, 6) is -0.607. The lowest BCUT2D eigenvalue weighted by atomic mass is 10.1. The summed E-state index contributed by atoms with van der Waals surface area (Å²) >= 11 is 0. The number of ether oxygens (including phenoxy) is 4. The smallest absolute Gasteiger partial charge is 0.307 e. The molecule has 0 aliphatic heterocycles. The number of aliphatic hydroxyl groups excluding tert-OH is 1. The molecule has 0 saturated heterocycles. The maximum absolute atomic E-state index is 12.8. The Labute approximate surface area is 583 Å². The van der Waals surface area contributed by atoms with Gasteiger partial charge in [0.2, 0.25) is 0 Å². The quantitative estimate of drug-likeness (QED) is 0.0272. The van der Waals surface area contributed by atoms with Crippen LogP contribution in [0, 0.1) is 0 Å². The average Bonchev–Trinajstić information content (AvgIpc) is 3.63. The first-order valence-corrected chi connectivity index (χ1v) is 38.6. The van der Waals surface area contributed by atoms with Crippen LogP contribution in [-0.4, -0.2) is 85.5 Å². The number of carbonyl (C=O) groups excluding carboxylic acids is 4. The highest BCUT2D eigenvalue weighted by molar-refractivity contribution is 5.70. The van der Waals surface area contributed by atoms with Crippen molar-refractivity contribution in [3.05, 3.63) is 146 Å². The minimum Gasteiger partial charge on any atom is -0.466 e. The van der Waals surface area contributed by atoms with E-state index in [0.717, 1.165) is 218 Å². The van der Waals surface area contributed by atoms with Gasteiger partial charge < -0.3 is 29.0 Å². The number of hydrogen-bond acceptors (Lipinski definition) is 10. The number of rotatable bonds is 69. The molecule has 2 atom stereocenters. The summed E-state index contributed by atoms with van der Waals surface area (Å²) in [5, 5.41) is 9.47. The van der Waals surface area contributed by atoms with Crippen molar-refractivity contribution in [3.8, 4) is 0 Å². The summed E-state index contributed by atoms with van der Waals surface area (Å²) < 4.78 is 23.1. The standard InChI is InChI=1S/C85H141NO9/c1-5-9-13-17-19-21-23-25-27-29-31-33-35-41-47-53-61-70-84(90)94-80(66-57-15-11-7-3)68-59-51-45-39-37-43-49-55-63-78-92-82(88)72-75-86(74-65-77-87)76-73-83(89)93-79-64-56-50-44-38-40-46-52-60-69-81(67-58-16-12-8-4)95-85(91)71-62-54-48-42-36-34-32-30-28-26-24-22-20-18-14-10-6-2/h9-10,13-14,19-22,25-28,31-34,41-42,47-48,51-52,59-60,80-81,87H,5-8,11-12,15-18,23-24,29-30,35-40,43-46,49-50,53-58,61-79H2,1-4H3/b13-9-,14-10-,21-19-,22-20-,27-25-,28-26-,33-31-,34-32-,47-41-,48-42-,59-51-,60-52-. The summed E-state index contributed by atoms with van der Waals surface area (Å²) in [6, 6.07) is 0. The third-order valence-electron chi connectivity index (χ3n) is 16.3. The first kappa shape index (κ1) is 89.7. The van der Waals surface area contributed by atoms with Crippen LogP contribution in [0.4, 0.5) is 0 Å². The van der Waals surface area contributed by atoms with Crippen molar-refractivity contribution in [2.45, 2.75) is 329 Å². The number of esters is 4. The van der Waals surface area contributed by atoms with E-state index in [0.29, 0.717) is 52.1 Å². The molecule has 0 bridgehead atoms. The zero-order valence-electron chi connectivity index (χ0n) is 61.2. The molecule has 0 radical (unpaired) electrons. The molecule has 0 amide bonds. The average molecular weight is 1320 g/mol. The molecule has 95 heavy (non-hydrogen) atoms. The van der Waals surface area contributed by atoms with Gasteiger partial charge in [0.05, 0.1) is 26.1 Å². The number of hydrogen-bond donors (Lipinski definition) is 1. The summed E-state index contributed by atoms with van der Waals surface area (Å²) in [4.78, 5) is 52.8. The largest absolute Gasteiger partial charge is 0.466 e. The number of nitrogens with zero attached hydrogens (tertiary/aromatic N) is 1. The number of unbranched alkanes of at least 4 members (excludes halogenated alkanes) is 20. The Morgan fingerprint density at radius 3 is 0.958 bits per heavy atom. The van der Waals surface area contributed by atoms with Gasteiger partial charge in [0.25, 0.3) is 0 Å². The molecule has 1 N–H and O–H groups in total. The highest BCUT2D eigenvalue weighted by Gasteiger charge is 2.16. The maximum Gasteiger partial charge on any atom is 0.307 e. The predicted octanol–water partition coefficient (Wildman–Crippen LogP) is 23.5. The fraction of sp³-hybridized carbons (Fsp3) is 0.671. The van der Waals surface area contributed by atoms with Gasteiger partial charge in [-0.2, -0.15) is 0 Å². The zero-order valence-corrected chi connectivity index (χ0v) is 61.2. The third kappa shape index (κ3) is 71.3. The van der Waals surface area contributed by atoms with Crippen molar-refractivity contribution in [1.29, 1.82) is 0 Å².